The predicted octanol–water partition coefficient (Wildman–Crippen LogP) is 2.95. The molecule has 30 heavy (non-hydrogen) atoms. The number of carbonyl (C=O) groups is 1. The highest BCUT2D eigenvalue weighted by molar-refractivity contribution is 7.89. The SMILES string of the molecule is CCOc1cc(C(=O)NNS(=O)(=O)c2ccc(F)cc2C)cc(OCC)c1OCC. The molecule has 0 spiro atoms. The summed E-state index contributed by atoms with van der Waals surface area (Å²) in [6.07, 6.45) is 0. The Kier molecular flexibility index (Phi) is 8.01. The van der Waals surface area contributed by atoms with Crippen molar-refractivity contribution in [3.8, 4) is 17.2 Å². The number of carbonyl (C=O) groups excluding carboxylic acids is 1. The first kappa shape index (κ1) is 23.4. The van der Waals surface area contributed by atoms with Gasteiger partial charge in [0.25, 0.3) is 15.9 Å². The number of benzene rings is 2. The van der Waals surface area contributed by atoms with E-state index < -0.39 is 21.7 Å². The van der Waals surface area contributed by atoms with Crippen LogP contribution in [0.25, 0.3) is 0 Å². The molecule has 1 amide bonds. The molecular weight excluding hydrogens is 415 g/mol. The van der Waals surface area contributed by atoms with Crippen molar-refractivity contribution in [1.82, 2.24) is 10.3 Å². The monoisotopic (exact) mass is 440 g/mol. The molecule has 2 aromatic carbocycles. The van der Waals surface area contributed by atoms with Gasteiger partial charge >= 0.3 is 0 Å². The Hall–Kier alpha value is -2.85. The number of nitrogens with one attached hydrogen (secondary N) is 2. The van der Waals surface area contributed by atoms with Gasteiger partial charge in [-0.1, -0.05) is 0 Å². The summed E-state index contributed by atoms with van der Waals surface area (Å²) in [5, 5.41) is 0. The molecule has 0 atom stereocenters. The first-order valence-corrected chi connectivity index (χ1v) is 10.9. The molecule has 0 bridgehead atoms. The average Bonchev–Trinajstić information content (AvgIpc) is 2.68. The Morgan fingerprint density at radius 2 is 1.53 bits per heavy atom. The fourth-order valence-corrected chi connectivity index (χ4v) is 3.74. The zero-order valence-corrected chi connectivity index (χ0v) is 18.1. The second-order valence-electron chi connectivity index (χ2n) is 6.07. The topological polar surface area (TPSA) is 103 Å². The van der Waals surface area contributed by atoms with Crippen molar-refractivity contribution < 1.29 is 31.8 Å². The van der Waals surface area contributed by atoms with Crippen molar-refractivity contribution in [2.75, 3.05) is 19.8 Å². The normalized spacial score (nSPS) is 11.1. The van der Waals surface area contributed by atoms with Crippen molar-refractivity contribution in [3.63, 3.8) is 0 Å². The maximum Gasteiger partial charge on any atom is 0.266 e. The quantitative estimate of drug-likeness (QED) is 0.551. The maximum absolute atomic E-state index is 13.2. The van der Waals surface area contributed by atoms with Crippen LogP contribution in [0.15, 0.2) is 35.2 Å². The lowest BCUT2D eigenvalue weighted by Gasteiger charge is -2.17. The van der Waals surface area contributed by atoms with Crippen molar-refractivity contribution in [1.29, 1.82) is 0 Å². The van der Waals surface area contributed by atoms with E-state index in [4.69, 9.17) is 14.2 Å². The molecule has 0 heterocycles. The van der Waals surface area contributed by atoms with Crippen LogP contribution in [0.4, 0.5) is 4.39 Å². The standard InChI is InChI=1S/C20H25FN2O6S/c1-5-27-16-11-14(12-17(28-6-2)19(16)29-7-3)20(24)22-23-30(25,26)18-9-8-15(21)10-13(18)4/h8-12,23H,5-7H2,1-4H3,(H,22,24). The highest BCUT2D eigenvalue weighted by atomic mass is 32.2. The van der Waals surface area contributed by atoms with Crippen molar-refractivity contribution in [2.45, 2.75) is 32.6 Å². The Morgan fingerprint density at radius 3 is 2.03 bits per heavy atom. The number of sulfonamides is 1. The molecule has 164 valence electrons. The average molecular weight is 440 g/mol. The Labute approximate surface area is 175 Å². The number of hydrogen-bond acceptors (Lipinski definition) is 6. The van der Waals surface area contributed by atoms with Crippen LogP contribution in [-0.4, -0.2) is 34.1 Å². The molecule has 0 aliphatic heterocycles. The first-order valence-electron chi connectivity index (χ1n) is 9.38. The van der Waals surface area contributed by atoms with Gasteiger partial charge in [-0.25, -0.2) is 12.8 Å². The van der Waals surface area contributed by atoms with Crippen LogP contribution in [0.2, 0.25) is 0 Å². The van der Waals surface area contributed by atoms with Crippen LogP contribution in [0, 0.1) is 12.7 Å². The Bertz CT molecular complexity index is 983. The van der Waals surface area contributed by atoms with Gasteiger partial charge in [-0.3, -0.25) is 10.2 Å². The molecule has 2 N–H and O–H groups in total. The molecule has 0 radical (unpaired) electrons. The van der Waals surface area contributed by atoms with Crippen LogP contribution in [0.5, 0.6) is 17.2 Å². The fraction of sp³-hybridized carbons (Fsp3) is 0.350. The minimum Gasteiger partial charge on any atom is -0.490 e. The van der Waals surface area contributed by atoms with Gasteiger partial charge in [-0.15, -0.1) is 4.83 Å². The van der Waals surface area contributed by atoms with E-state index in [1.807, 2.05) is 4.83 Å². The van der Waals surface area contributed by atoms with E-state index in [1.165, 1.54) is 19.1 Å². The van der Waals surface area contributed by atoms with Gasteiger partial charge in [0.1, 0.15) is 5.82 Å². The lowest BCUT2D eigenvalue weighted by Crippen LogP contribution is -2.41. The minimum atomic E-state index is -4.10. The van der Waals surface area contributed by atoms with E-state index in [-0.39, 0.29) is 16.0 Å². The summed E-state index contributed by atoms with van der Waals surface area (Å²) in [5.74, 6) is -0.333. The minimum absolute atomic E-state index is 0.101. The summed E-state index contributed by atoms with van der Waals surface area (Å²) < 4.78 is 54.8. The third kappa shape index (κ3) is 5.61. The smallest absolute Gasteiger partial charge is 0.266 e. The van der Waals surface area contributed by atoms with E-state index in [2.05, 4.69) is 5.43 Å². The van der Waals surface area contributed by atoms with Gasteiger partial charge in [0.15, 0.2) is 11.5 Å². The predicted molar refractivity (Wildman–Crippen MR) is 109 cm³/mol. The van der Waals surface area contributed by atoms with Crippen molar-refractivity contribution in [3.05, 3.63) is 47.3 Å². The number of aryl methyl sites for hydroxylation is 1. The molecular formula is C20H25FN2O6S. The van der Waals surface area contributed by atoms with Crippen molar-refractivity contribution >= 4 is 15.9 Å². The van der Waals surface area contributed by atoms with Crippen LogP contribution >= 0.6 is 0 Å². The third-order valence-electron chi connectivity index (χ3n) is 3.90. The summed E-state index contributed by atoms with van der Waals surface area (Å²) in [5.41, 5.74) is 2.45. The zero-order valence-electron chi connectivity index (χ0n) is 17.2. The maximum atomic E-state index is 13.2. The zero-order chi connectivity index (χ0) is 22.3. The molecule has 2 rings (SSSR count). The lowest BCUT2D eigenvalue weighted by molar-refractivity contribution is 0.0944. The van der Waals surface area contributed by atoms with Crippen LogP contribution in [-0.2, 0) is 10.0 Å². The van der Waals surface area contributed by atoms with Gasteiger partial charge in [0, 0.05) is 5.56 Å². The van der Waals surface area contributed by atoms with Crippen LogP contribution in [0.3, 0.4) is 0 Å². The van der Waals surface area contributed by atoms with Gasteiger partial charge in [0.05, 0.1) is 24.7 Å². The number of halogens is 1. The van der Waals surface area contributed by atoms with Crippen molar-refractivity contribution in [2.24, 2.45) is 0 Å². The number of ether oxygens (including phenoxy) is 3. The number of rotatable bonds is 10. The second kappa shape index (κ2) is 10.3. The number of hydrogen-bond donors (Lipinski definition) is 2. The van der Waals surface area contributed by atoms with Crippen LogP contribution in [0.1, 0.15) is 36.7 Å². The van der Waals surface area contributed by atoms with Gasteiger partial charge < -0.3 is 14.2 Å². The summed E-state index contributed by atoms with van der Waals surface area (Å²) in [4.78, 5) is 14.5. The van der Waals surface area contributed by atoms with Gasteiger partial charge in [0.2, 0.25) is 5.75 Å². The first-order chi connectivity index (χ1) is 14.2. The van der Waals surface area contributed by atoms with E-state index in [9.17, 15) is 17.6 Å². The molecule has 0 saturated heterocycles. The summed E-state index contributed by atoms with van der Waals surface area (Å²) in [6.45, 7) is 7.83. The molecule has 10 heteroatoms. The summed E-state index contributed by atoms with van der Waals surface area (Å²) in [7, 11) is -4.10. The molecule has 0 aliphatic carbocycles. The number of amides is 1. The summed E-state index contributed by atoms with van der Waals surface area (Å²) in [6, 6.07) is 6.11. The summed E-state index contributed by atoms with van der Waals surface area (Å²) >= 11 is 0. The van der Waals surface area contributed by atoms with E-state index >= 15 is 0 Å². The lowest BCUT2D eigenvalue weighted by atomic mass is 10.1. The molecule has 0 saturated carbocycles. The van der Waals surface area contributed by atoms with E-state index in [0.717, 1.165) is 18.2 Å². The highest BCUT2D eigenvalue weighted by Gasteiger charge is 2.21. The molecule has 0 aliphatic rings. The largest absolute Gasteiger partial charge is 0.490 e. The molecule has 0 fully saturated rings. The van der Waals surface area contributed by atoms with Crippen LogP contribution < -0.4 is 24.5 Å². The highest BCUT2D eigenvalue weighted by Crippen LogP contribution is 2.39. The Morgan fingerprint density at radius 1 is 0.967 bits per heavy atom. The van der Waals surface area contributed by atoms with E-state index in [0.29, 0.717) is 37.1 Å². The van der Waals surface area contributed by atoms with Gasteiger partial charge in [-0.05, 0) is 63.6 Å². The van der Waals surface area contributed by atoms with Gasteiger partial charge in [-0.2, -0.15) is 0 Å². The third-order valence-corrected chi connectivity index (χ3v) is 5.30. The Balaban J connectivity index is 2.29. The fourth-order valence-electron chi connectivity index (χ4n) is 2.67. The second-order valence-corrected chi connectivity index (χ2v) is 7.72. The number of hydrazine groups is 1. The van der Waals surface area contributed by atoms with E-state index in [1.54, 1.807) is 20.8 Å². The molecule has 2 aromatic rings. The molecule has 8 nitrogen and oxygen atoms in total. The molecule has 0 unspecified atom stereocenters. The molecule has 0 aromatic heterocycles.